The molecule has 114 valence electrons. The fourth-order valence-corrected chi connectivity index (χ4v) is 3.59. The highest BCUT2D eigenvalue weighted by Gasteiger charge is 2.14. The van der Waals surface area contributed by atoms with Crippen LogP contribution in [-0.2, 0) is 11.0 Å². The molecule has 0 aliphatic heterocycles. The van der Waals surface area contributed by atoms with Gasteiger partial charge in [-0.3, -0.25) is 3.97 Å². The first kappa shape index (κ1) is 14.7. The number of rotatable bonds is 4. The quantitative estimate of drug-likeness (QED) is 0.724. The predicted octanol–water partition coefficient (Wildman–Crippen LogP) is 4.12. The van der Waals surface area contributed by atoms with E-state index in [1.165, 1.54) is 12.1 Å². The van der Waals surface area contributed by atoms with Gasteiger partial charge in [0.25, 0.3) is 0 Å². The molecule has 0 spiro atoms. The summed E-state index contributed by atoms with van der Waals surface area (Å²) in [6.07, 6.45) is 1.69. The minimum absolute atomic E-state index is 0.100. The van der Waals surface area contributed by atoms with E-state index < -0.39 is 17.6 Å². The maximum atomic E-state index is 12.7. The monoisotopic (exact) mass is 321 g/mol. The van der Waals surface area contributed by atoms with Crippen LogP contribution in [0.4, 0.5) is 8.78 Å². The highest BCUT2D eigenvalue weighted by Crippen LogP contribution is 2.28. The summed E-state index contributed by atoms with van der Waals surface area (Å²) in [5.74, 6) is 0.100. The number of ether oxygens (including phenoxy) is 1. The number of alkyl halides is 2. The van der Waals surface area contributed by atoms with Crippen LogP contribution in [0.25, 0.3) is 10.9 Å². The minimum Gasteiger partial charge on any atom is -0.435 e. The van der Waals surface area contributed by atoms with Crippen LogP contribution in [-0.4, -0.2) is 14.8 Å². The zero-order chi connectivity index (χ0) is 15.7. The van der Waals surface area contributed by atoms with E-state index in [1.54, 1.807) is 35.3 Å². The molecule has 3 nitrogen and oxygen atoms in total. The SMILES string of the molecule is Cc1cc(OC(F)F)cc2ccn(S(=O)c3ccccc3)c12. The van der Waals surface area contributed by atoms with Gasteiger partial charge < -0.3 is 4.74 Å². The molecule has 22 heavy (non-hydrogen) atoms. The van der Waals surface area contributed by atoms with Crippen LogP contribution >= 0.6 is 0 Å². The number of hydrogen-bond donors (Lipinski definition) is 0. The van der Waals surface area contributed by atoms with Gasteiger partial charge in [0.05, 0.1) is 10.4 Å². The van der Waals surface area contributed by atoms with E-state index in [0.717, 1.165) is 11.1 Å². The number of nitrogens with zero attached hydrogens (tertiary/aromatic N) is 1. The summed E-state index contributed by atoms with van der Waals surface area (Å²) >= 11 is 0. The van der Waals surface area contributed by atoms with Crippen molar-refractivity contribution in [1.82, 2.24) is 3.97 Å². The Bertz CT molecular complexity index is 831. The van der Waals surface area contributed by atoms with E-state index >= 15 is 0 Å². The summed E-state index contributed by atoms with van der Waals surface area (Å²) in [4.78, 5) is 0.673. The van der Waals surface area contributed by atoms with Gasteiger partial charge in [0.15, 0.2) is 11.0 Å². The van der Waals surface area contributed by atoms with Gasteiger partial charge >= 0.3 is 6.61 Å². The topological polar surface area (TPSA) is 31.2 Å². The van der Waals surface area contributed by atoms with E-state index in [0.29, 0.717) is 10.3 Å². The van der Waals surface area contributed by atoms with Crippen molar-refractivity contribution >= 4 is 21.9 Å². The summed E-state index contributed by atoms with van der Waals surface area (Å²) in [7, 11) is -1.39. The van der Waals surface area contributed by atoms with E-state index in [1.807, 2.05) is 18.2 Å². The predicted molar refractivity (Wildman–Crippen MR) is 81.6 cm³/mol. The van der Waals surface area contributed by atoms with Crippen LogP contribution in [0.2, 0.25) is 0 Å². The maximum Gasteiger partial charge on any atom is 0.387 e. The largest absolute Gasteiger partial charge is 0.435 e. The fourth-order valence-electron chi connectivity index (χ4n) is 2.38. The molecule has 0 N–H and O–H groups in total. The van der Waals surface area contributed by atoms with E-state index in [9.17, 15) is 13.0 Å². The Labute approximate surface area is 128 Å². The summed E-state index contributed by atoms with van der Waals surface area (Å²) in [5, 5.41) is 0.708. The lowest BCUT2D eigenvalue weighted by Gasteiger charge is -2.10. The fraction of sp³-hybridized carbons (Fsp3) is 0.125. The Morgan fingerprint density at radius 1 is 1.14 bits per heavy atom. The Morgan fingerprint density at radius 2 is 1.86 bits per heavy atom. The molecule has 3 rings (SSSR count). The molecule has 3 aromatic rings. The van der Waals surface area contributed by atoms with Crippen molar-refractivity contribution in [2.75, 3.05) is 0 Å². The van der Waals surface area contributed by atoms with E-state index in [2.05, 4.69) is 4.74 Å². The van der Waals surface area contributed by atoms with Crippen molar-refractivity contribution in [1.29, 1.82) is 0 Å². The number of hydrogen-bond acceptors (Lipinski definition) is 2. The number of fused-ring (bicyclic) bond motifs is 1. The van der Waals surface area contributed by atoms with Gasteiger partial charge in [0.2, 0.25) is 0 Å². The second-order valence-corrected chi connectivity index (χ2v) is 6.12. The van der Waals surface area contributed by atoms with Crippen molar-refractivity contribution in [2.45, 2.75) is 18.4 Å². The molecule has 0 aliphatic carbocycles. The van der Waals surface area contributed by atoms with Gasteiger partial charge in [-0.25, -0.2) is 4.21 Å². The third kappa shape index (κ3) is 2.74. The second-order valence-electron chi connectivity index (χ2n) is 4.76. The first-order valence-corrected chi connectivity index (χ1v) is 7.71. The lowest BCUT2D eigenvalue weighted by atomic mass is 10.1. The van der Waals surface area contributed by atoms with Crippen molar-refractivity contribution in [3.8, 4) is 5.75 Å². The van der Waals surface area contributed by atoms with Gasteiger partial charge in [0.1, 0.15) is 5.75 Å². The standard InChI is InChI=1S/C16H13F2NO2S/c1-11-9-13(21-16(17)18)10-12-7-8-19(15(11)12)22(20)14-5-3-2-4-6-14/h2-10,16H,1H3. The Hall–Kier alpha value is -2.21. The van der Waals surface area contributed by atoms with Gasteiger partial charge in [-0.1, -0.05) is 18.2 Å². The number of aryl methyl sites for hydroxylation is 1. The Balaban J connectivity index is 2.07. The lowest BCUT2D eigenvalue weighted by molar-refractivity contribution is -0.0497. The van der Waals surface area contributed by atoms with Crippen LogP contribution < -0.4 is 4.74 Å². The smallest absolute Gasteiger partial charge is 0.387 e. The zero-order valence-electron chi connectivity index (χ0n) is 11.7. The molecule has 0 radical (unpaired) electrons. The molecule has 0 saturated heterocycles. The van der Waals surface area contributed by atoms with Crippen LogP contribution in [0.3, 0.4) is 0 Å². The van der Waals surface area contributed by atoms with Crippen molar-refractivity contribution in [2.24, 2.45) is 0 Å². The summed E-state index contributed by atoms with van der Waals surface area (Å²) in [6, 6.07) is 13.8. The third-order valence-corrected chi connectivity index (χ3v) is 4.60. The third-order valence-electron chi connectivity index (χ3n) is 3.26. The lowest BCUT2D eigenvalue weighted by Crippen LogP contribution is -2.05. The molecule has 1 heterocycles. The van der Waals surface area contributed by atoms with Gasteiger partial charge in [-0.05, 0) is 42.8 Å². The molecule has 0 fully saturated rings. The molecule has 1 aromatic heterocycles. The van der Waals surface area contributed by atoms with Gasteiger partial charge in [-0.15, -0.1) is 0 Å². The highest BCUT2D eigenvalue weighted by atomic mass is 32.2. The Kier molecular flexibility index (Phi) is 3.94. The van der Waals surface area contributed by atoms with Crippen LogP contribution in [0.15, 0.2) is 59.6 Å². The number of benzene rings is 2. The molecule has 6 heteroatoms. The number of aromatic nitrogens is 1. The normalized spacial score (nSPS) is 12.7. The average molecular weight is 321 g/mol. The van der Waals surface area contributed by atoms with Crippen LogP contribution in [0.5, 0.6) is 5.75 Å². The molecule has 0 aliphatic rings. The zero-order valence-corrected chi connectivity index (χ0v) is 12.5. The van der Waals surface area contributed by atoms with E-state index in [-0.39, 0.29) is 5.75 Å². The summed E-state index contributed by atoms with van der Waals surface area (Å²) in [6.45, 7) is -1.09. The highest BCUT2D eigenvalue weighted by molar-refractivity contribution is 7.83. The molecular formula is C16H13F2NO2S. The second kappa shape index (κ2) is 5.88. The molecular weight excluding hydrogens is 308 g/mol. The number of halogens is 2. The minimum atomic E-state index is -2.86. The first-order chi connectivity index (χ1) is 10.6. The molecule has 1 atom stereocenters. The molecule has 0 saturated carbocycles. The van der Waals surface area contributed by atoms with Crippen molar-refractivity contribution in [3.63, 3.8) is 0 Å². The maximum absolute atomic E-state index is 12.7. The van der Waals surface area contributed by atoms with Gasteiger partial charge in [-0.2, -0.15) is 8.78 Å². The molecule has 0 bridgehead atoms. The molecule has 2 aromatic carbocycles. The molecule has 1 unspecified atom stereocenters. The van der Waals surface area contributed by atoms with Crippen molar-refractivity contribution in [3.05, 3.63) is 60.3 Å². The molecule has 0 amide bonds. The summed E-state index contributed by atoms with van der Waals surface area (Å²) in [5.41, 5.74) is 1.46. The van der Waals surface area contributed by atoms with Crippen LogP contribution in [0, 0.1) is 6.92 Å². The van der Waals surface area contributed by atoms with Crippen molar-refractivity contribution < 1.29 is 17.7 Å². The van der Waals surface area contributed by atoms with Gasteiger partial charge in [0, 0.05) is 11.6 Å². The van der Waals surface area contributed by atoms with E-state index in [4.69, 9.17) is 0 Å². The Morgan fingerprint density at radius 3 is 2.55 bits per heavy atom. The first-order valence-electron chi connectivity index (χ1n) is 6.60. The van der Waals surface area contributed by atoms with Crippen LogP contribution in [0.1, 0.15) is 5.56 Å². The average Bonchev–Trinajstić information content (AvgIpc) is 2.91. The summed E-state index contributed by atoms with van der Waals surface area (Å²) < 4.78 is 43.4.